The molecule has 0 saturated heterocycles. The zero-order valence-electron chi connectivity index (χ0n) is 12.6. The summed E-state index contributed by atoms with van der Waals surface area (Å²) in [6.45, 7) is 1.91. The molecule has 0 saturated carbocycles. The third-order valence-electron chi connectivity index (χ3n) is 2.80. The molecule has 0 radical (unpaired) electrons. The van der Waals surface area contributed by atoms with Gasteiger partial charge in [-0.15, -0.1) is 5.10 Å². The first kappa shape index (κ1) is 16.8. The lowest BCUT2D eigenvalue weighted by Gasteiger charge is -2.07. The van der Waals surface area contributed by atoms with E-state index in [0.717, 1.165) is 5.56 Å². The molecule has 0 aliphatic rings. The van der Waals surface area contributed by atoms with Crippen LogP contribution in [0.2, 0.25) is 0 Å². The Labute approximate surface area is 135 Å². The van der Waals surface area contributed by atoms with E-state index < -0.39 is 9.84 Å². The van der Waals surface area contributed by atoms with Crippen LogP contribution in [0, 0.1) is 5.92 Å². The number of nitrogens with one attached hydrogen (secondary N) is 1. The van der Waals surface area contributed by atoms with E-state index in [0.29, 0.717) is 16.7 Å². The molecule has 0 spiro atoms. The SMILES string of the molecule is C[C@H](CSc1n[nH]c(/C=C/c2ccccc2)n1)CS(C)(=O)=O. The summed E-state index contributed by atoms with van der Waals surface area (Å²) in [7, 11) is -2.93. The molecule has 1 aromatic carbocycles. The number of H-pyrrole nitrogens is 1. The van der Waals surface area contributed by atoms with Crippen LogP contribution in [0.3, 0.4) is 0 Å². The maximum Gasteiger partial charge on any atom is 0.208 e. The summed E-state index contributed by atoms with van der Waals surface area (Å²) in [6, 6.07) is 9.94. The highest BCUT2D eigenvalue weighted by Gasteiger charge is 2.12. The first-order chi connectivity index (χ1) is 10.4. The third kappa shape index (κ3) is 6.03. The number of benzene rings is 1. The molecule has 1 N–H and O–H groups in total. The summed E-state index contributed by atoms with van der Waals surface area (Å²) in [5.41, 5.74) is 1.09. The molecular formula is C15H19N3O2S2. The number of hydrogen-bond acceptors (Lipinski definition) is 5. The summed E-state index contributed by atoms with van der Waals surface area (Å²) in [5.74, 6) is 1.61. The smallest absolute Gasteiger partial charge is 0.208 e. The standard InChI is InChI=1S/C15H19N3O2S2/c1-12(11-22(2,19)20)10-21-15-16-14(17-18-15)9-8-13-6-4-3-5-7-13/h3-9,12H,10-11H2,1-2H3,(H,16,17,18)/b9-8+/t12-/m1/s1. The fourth-order valence-electron chi connectivity index (χ4n) is 1.92. The van der Waals surface area contributed by atoms with Crippen molar-refractivity contribution in [2.24, 2.45) is 5.92 Å². The molecule has 5 nitrogen and oxygen atoms in total. The van der Waals surface area contributed by atoms with Gasteiger partial charge in [0.2, 0.25) is 5.16 Å². The minimum absolute atomic E-state index is 0.0711. The first-order valence-electron chi connectivity index (χ1n) is 6.88. The number of aromatic amines is 1. The normalized spacial score (nSPS) is 13.5. The molecule has 0 fully saturated rings. The molecule has 118 valence electrons. The lowest BCUT2D eigenvalue weighted by molar-refractivity contribution is 0.589. The van der Waals surface area contributed by atoms with Crippen LogP contribution < -0.4 is 0 Å². The lowest BCUT2D eigenvalue weighted by Crippen LogP contribution is -2.13. The molecule has 22 heavy (non-hydrogen) atoms. The van der Waals surface area contributed by atoms with Crippen molar-refractivity contribution in [2.75, 3.05) is 17.8 Å². The molecular weight excluding hydrogens is 318 g/mol. The third-order valence-corrected chi connectivity index (χ3v) is 5.15. The molecule has 1 heterocycles. The van der Waals surface area contributed by atoms with E-state index >= 15 is 0 Å². The van der Waals surface area contributed by atoms with E-state index in [-0.39, 0.29) is 11.7 Å². The Hall–Kier alpha value is -1.60. The summed E-state index contributed by atoms with van der Waals surface area (Å²) in [4.78, 5) is 4.35. The van der Waals surface area contributed by atoms with Crippen molar-refractivity contribution in [1.29, 1.82) is 0 Å². The fourth-order valence-corrected chi connectivity index (χ4v) is 4.04. The Morgan fingerprint density at radius 1 is 1.27 bits per heavy atom. The number of aromatic nitrogens is 3. The number of sulfone groups is 1. The number of hydrogen-bond donors (Lipinski definition) is 1. The van der Waals surface area contributed by atoms with Gasteiger partial charge in [-0.1, -0.05) is 55.1 Å². The molecule has 7 heteroatoms. The Kier molecular flexibility index (Phi) is 5.79. The van der Waals surface area contributed by atoms with E-state index in [2.05, 4.69) is 15.2 Å². The average Bonchev–Trinajstić information content (AvgIpc) is 2.90. The van der Waals surface area contributed by atoms with Crippen LogP contribution >= 0.6 is 11.8 Å². The second-order valence-electron chi connectivity index (χ2n) is 5.26. The van der Waals surface area contributed by atoms with Crippen LogP contribution in [0.4, 0.5) is 0 Å². The maximum absolute atomic E-state index is 11.2. The lowest BCUT2D eigenvalue weighted by atomic mass is 10.2. The molecule has 0 aliphatic carbocycles. The van der Waals surface area contributed by atoms with Gasteiger partial charge < -0.3 is 0 Å². The van der Waals surface area contributed by atoms with Crippen molar-refractivity contribution in [3.05, 3.63) is 41.7 Å². The van der Waals surface area contributed by atoms with E-state index in [1.54, 1.807) is 0 Å². The van der Waals surface area contributed by atoms with Crippen LogP contribution in [-0.2, 0) is 9.84 Å². The molecule has 0 unspecified atom stereocenters. The molecule has 0 aliphatic heterocycles. The maximum atomic E-state index is 11.2. The quantitative estimate of drug-likeness (QED) is 0.786. The molecule has 0 bridgehead atoms. The Morgan fingerprint density at radius 2 is 2.00 bits per heavy atom. The highest BCUT2D eigenvalue weighted by Crippen LogP contribution is 2.18. The van der Waals surface area contributed by atoms with Crippen LogP contribution in [-0.4, -0.2) is 41.4 Å². The summed E-state index contributed by atoms with van der Waals surface area (Å²) in [6.07, 6.45) is 5.08. The average molecular weight is 337 g/mol. The molecule has 1 atom stereocenters. The summed E-state index contributed by atoms with van der Waals surface area (Å²) in [5, 5.41) is 7.62. The topological polar surface area (TPSA) is 75.7 Å². The minimum Gasteiger partial charge on any atom is -0.259 e. The van der Waals surface area contributed by atoms with Gasteiger partial charge in [-0.2, -0.15) is 0 Å². The van der Waals surface area contributed by atoms with Gasteiger partial charge in [0.05, 0.1) is 5.75 Å². The Bertz CT molecular complexity index is 724. The summed E-state index contributed by atoms with van der Waals surface area (Å²) < 4.78 is 22.4. The second kappa shape index (κ2) is 7.60. The van der Waals surface area contributed by atoms with Gasteiger partial charge in [0.25, 0.3) is 0 Å². The van der Waals surface area contributed by atoms with E-state index in [9.17, 15) is 8.42 Å². The zero-order chi connectivity index (χ0) is 16.0. The van der Waals surface area contributed by atoms with Gasteiger partial charge in [0.1, 0.15) is 15.7 Å². The summed E-state index contributed by atoms with van der Waals surface area (Å²) >= 11 is 1.46. The van der Waals surface area contributed by atoms with E-state index in [1.807, 2.05) is 49.4 Å². The van der Waals surface area contributed by atoms with Crippen molar-refractivity contribution in [1.82, 2.24) is 15.2 Å². The van der Waals surface area contributed by atoms with E-state index in [1.165, 1.54) is 18.0 Å². The van der Waals surface area contributed by atoms with Crippen molar-refractivity contribution >= 4 is 33.8 Å². The van der Waals surface area contributed by atoms with Gasteiger partial charge in [-0.3, -0.25) is 5.10 Å². The zero-order valence-corrected chi connectivity index (χ0v) is 14.2. The van der Waals surface area contributed by atoms with Gasteiger partial charge in [-0.05, 0) is 17.6 Å². The van der Waals surface area contributed by atoms with Crippen LogP contribution in [0.1, 0.15) is 18.3 Å². The molecule has 2 aromatic rings. The van der Waals surface area contributed by atoms with Crippen LogP contribution in [0.25, 0.3) is 12.2 Å². The fraction of sp³-hybridized carbons (Fsp3) is 0.333. The van der Waals surface area contributed by atoms with Gasteiger partial charge >= 0.3 is 0 Å². The van der Waals surface area contributed by atoms with Gasteiger partial charge in [0, 0.05) is 12.0 Å². The molecule has 2 rings (SSSR count). The predicted molar refractivity (Wildman–Crippen MR) is 91.4 cm³/mol. The van der Waals surface area contributed by atoms with Gasteiger partial charge in [-0.25, -0.2) is 13.4 Å². The Morgan fingerprint density at radius 3 is 2.68 bits per heavy atom. The first-order valence-corrected chi connectivity index (χ1v) is 9.93. The van der Waals surface area contributed by atoms with Crippen molar-refractivity contribution in [3.8, 4) is 0 Å². The largest absolute Gasteiger partial charge is 0.259 e. The predicted octanol–water partition coefficient (Wildman–Crippen LogP) is 2.75. The van der Waals surface area contributed by atoms with Crippen LogP contribution in [0.15, 0.2) is 35.5 Å². The van der Waals surface area contributed by atoms with Crippen LogP contribution in [0.5, 0.6) is 0 Å². The monoisotopic (exact) mass is 337 g/mol. The second-order valence-corrected chi connectivity index (χ2v) is 8.43. The van der Waals surface area contributed by atoms with Crippen molar-refractivity contribution in [3.63, 3.8) is 0 Å². The highest BCUT2D eigenvalue weighted by molar-refractivity contribution is 7.99. The minimum atomic E-state index is -2.93. The van der Waals surface area contributed by atoms with E-state index in [4.69, 9.17) is 0 Å². The van der Waals surface area contributed by atoms with Crippen molar-refractivity contribution in [2.45, 2.75) is 12.1 Å². The van der Waals surface area contributed by atoms with Crippen molar-refractivity contribution < 1.29 is 8.42 Å². The number of nitrogens with zero attached hydrogens (tertiary/aromatic N) is 2. The number of rotatable bonds is 7. The Balaban J connectivity index is 1.88. The molecule has 0 amide bonds. The number of thioether (sulfide) groups is 1. The van der Waals surface area contributed by atoms with Gasteiger partial charge in [0.15, 0.2) is 0 Å². The molecule has 1 aromatic heterocycles. The highest BCUT2D eigenvalue weighted by atomic mass is 32.2.